The summed E-state index contributed by atoms with van der Waals surface area (Å²) in [4.78, 5) is 59.9. The second-order valence-electron chi connectivity index (χ2n) is 35.6. The molecule has 8 fully saturated rings. The zero-order valence-electron chi connectivity index (χ0n) is 92.7. The first-order valence-electron chi connectivity index (χ1n) is 55.9. The fourth-order valence-corrected chi connectivity index (χ4v) is 19.6. The van der Waals surface area contributed by atoms with Crippen molar-refractivity contribution in [1.82, 2.24) is 34.7 Å². The SMILES string of the molecule is CC.CC.CC.CC.CC.CC.CC.CC.CC.CC.NNc1ccccc1.O=C(/C=C/c1ccccc1)N1CCC(C(O)CN2CCC3(CC2)CNc2ccccc23)CC1.O=C(/C=C/c1ccccc1)N1CCC(C2CO2)CC1.O=C1CCN(Cc2ccccc2)CC1.O=CC1CCN(Cc2ccccc2)CC1.c1ccc(CN2CCC3(CC2)CNc2ccccc23)cc1.c1ccc2c(c1)NCC21CCNCC1. The van der Waals surface area contributed by atoms with Crippen molar-refractivity contribution in [2.24, 2.45) is 23.6 Å². The van der Waals surface area contributed by atoms with Gasteiger partial charge in [-0.25, -0.2) is 0 Å². The fraction of sp³-hybridized carbons (Fsp3) is 0.508. The van der Waals surface area contributed by atoms with Crippen LogP contribution in [-0.2, 0) is 59.8 Å². The molecule has 2 unspecified atom stereocenters. The number of aliphatic hydroxyl groups excluding tert-OH is 1. The number of aliphatic hydroxyl groups is 1. The van der Waals surface area contributed by atoms with Gasteiger partial charge in [0.2, 0.25) is 11.8 Å². The highest BCUT2D eigenvalue weighted by Crippen LogP contribution is 2.47. The number of benzene rings is 9. The molecule has 0 aromatic heterocycles. The molecule has 18 nitrogen and oxygen atoms in total. The number of ketones is 1. The van der Waals surface area contributed by atoms with Crippen molar-refractivity contribution in [2.75, 3.05) is 146 Å². The summed E-state index contributed by atoms with van der Waals surface area (Å²) in [5.74, 6) is 6.95. The molecule has 3 spiro atoms. The Labute approximate surface area is 874 Å². The summed E-state index contributed by atoms with van der Waals surface area (Å²) < 4.78 is 5.33. The Hall–Kier alpha value is -10.4. The van der Waals surface area contributed by atoms with Crippen LogP contribution in [0.15, 0.2) is 267 Å². The van der Waals surface area contributed by atoms with Gasteiger partial charge in [-0.05, 0) is 228 Å². The Morgan fingerprint density at radius 1 is 0.389 bits per heavy atom. The number of nitrogen functional groups attached to an aromatic ring is 1. The Balaban J connectivity index is 0.000000349. The largest absolute Gasteiger partial charge is 0.392 e. The topological polar surface area (TPSA) is 207 Å². The molecule has 11 aliphatic rings. The van der Waals surface area contributed by atoms with E-state index < -0.39 is 0 Å². The first-order valence-corrected chi connectivity index (χ1v) is 55.9. The minimum absolute atomic E-state index is 0.0681. The maximum Gasteiger partial charge on any atom is 0.246 e. The summed E-state index contributed by atoms with van der Waals surface area (Å²) in [6.07, 6.45) is 23.2. The Kier molecular flexibility index (Phi) is 65.9. The van der Waals surface area contributed by atoms with Gasteiger partial charge >= 0.3 is 0 Å². The van der Waals surface area contributed by atoms with Crippen molar-refractivity contribution in [3.8, 4) is 0 Å². The van der Waals surface area contributed by atoms with Gasteiger partial charge in [0.05, 0.1) is 18.8 Å². The Morgan fingerprint density at radius 2 is 0.694 bits per heavy atom. The van der Waals surface area contributed by atoms with Crippen LogP contribution in [0.25, 0.3) is 12.2 Å². The number of amides is 2. The molecular formula is C126H192N12O6. The van der Waals surface area contributed by atoms with Gasteiger partial charge < -0.3 is 56.0 Å². The number of hydrogen-bond donors (Lipinski definition) is 7. The van der Waals surface area contributed by atoms with Crippen molar-refractivity contribution in [2.45, 2.75) is 276 Å². The van der Waals surface area contributed by atoms with E-state index in [0.717, 1.165) is 218 Å². The molecule has 11 aliphatic heterocycles. The maximum atomic E-state index is 12.5. The normalized spacial score (nSPS) is 18.0. The van der Waals surface area contributed by atoms with Crippen molar-refractivity contribution in [3.05, 3.63) is 311 Å². The summed E-state index contributed by atoms with van der Waals surface area (Å²) >= 11 is 0. The van der Waals surface area contributed by atoms with Gasteiger partial charge in [0, 0.05) is 155 Å². The molecule has 18 heteroatoms. The highest BCUT2D eigenvalue weighted by molar-refractivity contribution is 5.92. The summed E-state index contributed by atoms with van der Waals surface area (Å²) in [5, 5.41) is 25.1. The Bertz CT molecular complexity index is 4750. The van der Waals surface area contributed by atoms with Gasteiger partial charge in [-0.15, -0.1) is 0 Å². The number of carbonyl (C=O) groups excluding carboxylic acids is 4. The van der Waals surface area contributed by atoms with Crippen LogP contribution in [0.4, 0.5) is 22.7 Å². The number of epoxide rings is 1. The number of hydrogen-bond acceptors (Lipinski definition) is 16. The van der Waals surface area contributed by atoms with Crippen LogP contribution in [-0.4, -0.2) is 195 Å². The molecule has 2 amide bonds. The monoisotopic (exact) mass is 1970 g/mol. The number of nitrogens with two attached hydrogens (primary N) is 1. The highest BCUT2D eigenvalue weighted by atomic mass is 16.6. The molecule has 9 aromatic rings. The molecule has 20 rings (SSSR count). The number of nitrogens with zero attached hydrogens (tertiary/aromatic N) is 6. The van der Waals surface area contributed by atoms with Gasteiger partial charge in [-0.3, -0.25) is 34.9 Å². The lowest BCUT2D eigenvalue weighted by Crippen LogP contribution is -2.48. The molecule has 2 atom stereocenters. The molecule has 144 heavy (non-hydrogen) atoms. The number of aldehydes is 1. The minimum Gasteiger partial charge on any atom is -0.392 e. The number of rotatable bonds is 16. The molecule has 11 heterocycles. The molecule has 8 N–H and O–H groups in total. The number of likely N-dealkylation sites (tertiary alicyclic amines) is 6. The number of carbonyl (C=O) groups is 4. The number of fused-ring (bicyclic) bond motifs is 6. The van der Waals surface area contributed by atoms with Crippen LogP contribution in [0.2, 0.25) is 0 Å². The molecule has 0 saturated carbocycles. The number of para-hydroxylation sites is 4. The molecule has 0 aliphatic carbocycles. The van der Waals surface area contributed by atoms with E-state index in [0.29, 0.717) is 34.6 Å². The number of nitrogens with one attached hydrogen (secondary N) is 5. The van der Waals surface area contributed by atoms with Gasteiger partial charge in [0.25, 0.3) is 0 Å². The van der Waals surface area contributed by atoms with Crippen LogP contribution in [0.1, 0.15) is 273 Å². The van der Waals surface area contributed by atoms with Crippen LogP contribution in [0, 0.1) is 17.8 Å². The number of hydrazine groups is 1. The first kappa shape index (κ1) is 126. The quantitative estimate of drug-likeness (QED) is 0.0158. The lowest BCUT2D eigenvalue weighted by molar-refractivity contribution is -0.128. The predicted octanol–water partition coefficient (Wildman–Crippen LogP) is 26.7. The van der Waals surface area contributed by atoms with E-state index in [9.17, 15) is 24.3 Å². The lowest BCUT2D eigenvalue weighted by atomic mass is 9.74. The first-order chi connectivity index (χ1) is 70.9. The second-order valence-corrected chi connectivity index (χ2v) is 35.6. The highest BCUT2D eigenvalue weighted by Gasteiger charge is 2.44. The third kappa shape index (κ3) is 42.6. The molecule has 0 radical (unpaired) electrons. The minimum atomic E-state index is -0.315. The number of β-amino-alcohol motifs (C(OH)–C–C–N with tert-alkyl or cyclic N) is 1. The number of piperidine rings is 7. The van der Waals surface area contributed by atoms with E-state index in [1.54, 1.807) is 23.3 Å². The van der Waals surface area contributed by atoms with Crippen LogP contribution >= 0.6 is 0 Å². The fourth-order valence-electron chi connectivity index (χ4n) is 19.6. The van der Waals surface area contributed by atoms with E-state index in [1.165, 1.54) is 78.1 Å². The molecule has 792 valence electrons. The van der Waals surface area contributed by atoms with Crippen molar-refractivity contribution < 1.29 is 29.0 Å². The van der Waals surface area contributed by atoms with Gasteiger partial charge in [0.1, 0.15) is 12.1 Å². The summed E-state index contributed by atoms with van der Waals surface area (Å²) in [7, 11) is 0. The van der Waals surface area contributed by atoms with Crippen LogP contribution in [0.3, 0.4) is 0 Å². The summed E-state index contributed by atoms with van der Waals surface area (Å²) in [6, 6.07) is 87.6. The van der Waals surface area contributed by atoms with Gasteiger partial charge in [0.15, 0.2) is 0 Å². The molecule has 9 aromatic carbocycles. The third-order valence-corrected chi connectivity index (χ3v) is 27.5. The molecule has 8 saturated heterocycles. The van der Waals surface area contributed by atoms with Crippen molar-refractivity contribution in [1.29, 1.82) is 0 Å². The summed E-state index contributed by atoms with van der Waals surface area (Å²) in [6.45, 7) is 62.0. The zero-order valence-corrected chi connectivity index (χ0v) is 92.7. The van der Waals surface area contributed by atoms with E-state index in [2.05, 4.69) is 198 Å². The maximum absolute atomic E-state index is 12.5. The number of anilines is 4. The number of ether oxygens (including phenoxy) is 1. The van der Waals surface area contributed by atoms with Crippen molar-refractivity contribution >= 4 is 58.8 Å². The standard InChI is InChI=1S/C28H35N3O2.C19H22N2.C16H19NO2.C13H17NO.C12H16N2.C12H15NO.C6H8N2.10C2H6/c32-26(20-30-18-14-28(15-19-30)21-29-25-9-5-4-8-24(25)28)23-12-16-31(17-13-23)27(33)11-10-22-6-2-1-3-7-22;1-2-6-16(7-3-1)14-21-12-10-19(11-13-21)15-20-18-9-5-4-8-17(18)19;18-16(7-6-13-4-2-1-3-5-13)17-10-8-14(9-11-17)15-12-19-15;15-11-13-6-8-14(9-7-13)10-12-4-2-1-3-5-12;1-2-4-11-10(3-1)12(9-14-11)5-7-13-8-6-12;14-12-6-8-13(9-7-12)10-11-4-2-1-3-5-11;7-8-6-4-2-1-3-5-6;10*1-2/h1-11,23,26,29,32H,12-21H2;1-9,20H,10-15H2;1-7,14-15H,8-12H2;1-5,11,13H,6-10H2;1-4,13-14H,5-9H2;1-5H,6-10H2;1-5,8H,7H2;10*1-2H3/b11-10+;;7-6+;;;;;;;;;;;;;;. The molecular weight excluding hydrogens is 1780 g/mol. The molecule has 0 bridgehead atoms. The second kappa shape index (κ2) is 75.3. The van der Waals surface area contributed by atoms with Crippen LogP contribution in [0.5, 0.6) is 0 Å². The smallest absolute Gasteiger partial charge is 0.246 e. The average molecular weight is 1970 g/mol. The van der Waals surface area contributed by atoms with E-state index >= 15 is 0 Å². The Morgan fingerprint density at radius 3 is 1.03 bits per heavy atom. The average Bonchev–Trinajstić information content (AvgIpc) is 1.62. The van der Waals surface area contributed by atoms with Crippen molar-refractivity contribution in [3.63, 3.8) is 0 Å². The van der Waals surface area contributed by atoms with E-state index in [1.807, 2.05) is 264 Å². The van der Waals surface area contributed by atoms with E-state index in [4.69, 9.17) is 10.6 Å². The zero-order chi connectivity index (χ0) is 105. The third-order valence-electron chi connectivity index (χ3n) is 27.5. The predicted molar refractivity (Wildman–Crippen MR) is 618 cm³/mol. The van der Waals surface area contributed by atoms with E-state index in [-0.39, 0.29) is 29.3 Å². The van der Waals surface area contributed by atoms with Gasteiger partial charge in [-0.1, -0.05) is 363 Å². The number of Topliss-reactive ketones (excluding diaryl/α,β-unsaturated/α-hetero) is 1. The van der Waals surface area contributed by atoms with Crippen LogP contribution < -0.4 is 32.5 Å². The van der Waals surface area contributed by atoms with Gasteiger partial charge in [-0.2, -0.15) is 0 Å². The lowest BCUT2D eigenvalue weighted by Gasteiger charge is -2.41. The summed E-state index contributed by atoms with van der Waals surface area (Å²) in [5.41, 5.74) is 19.3.